The van der Waals surface area contributed by atoms with Crippen LogP contribution in [-0.2, 0) is 6.42 Å². The van der Waals surface area contributed by atoms with Gasteiger partial charge in [0.25, 0.3) is 0 Å². The van der Waals surface area contributed by atoms with Gasteiger partial charge in [0.05, 0.1) is 19.9 Å². The van der Waals surface area contributed by atoms with Gasteiger partial charge in [-0.3, -0.25) is 0 Å². The third kappa shape index (κ3) is 4.20. The highest BCUT2D eigenvalue weighted by molar-refractivity contribution is 7.98. The maximum absolute atomic E-state index is 9.94. The normalized spacial score (nSPS) is 10.7. The first-order chi connectivity index (χ1) is 15.7. The lowest BCUT2D eigenvalue weighted by atomic mass is 10.1. The quantitative estimate of drug-likeness (QED) is 0.294. The average Bonchev–Trinajstić information content (AvgIpc) is 3.26. The third-order valence-electron chi connectivity index (χ3n) is 5.20. The standard InChI is InChI=1S/C24H23N5O2S/c1-30-20-9-8-15(12-21(20)31-2)22-18(13-25)23(29-24(28-22)32-3)26-11-10-16-14-27-19-7-5-4-6-17(16)19/h4-9,12,14,27H,10-11H2,1-3H3,(H,26,28,29). The molecule has 8 heteroatoms. The van der Waals surface area contributed by atoms with Crippen molar-refractivity contribution in [3.8, 4) is 28.8 Å². The molecule has 0 unspecified atom stereocenters. The summed E-state index contributed by atoms with van der Waals surface area (Å²) in [7, 11) is 3.17. The number of aromatic nitrogens is 3. The fourth-order valence-corrected chi connectivity index (χ4v) is 3.98. The van der Waals surface area contributed by atoms with E-state index in [0.29, 0.717) is 40.3 Å². The van der Waals surface area contributed by atoms with E-state index < -0.39 is 0 Å². The van der Waals surface area contributed by atoms with Crippen molar-refractivity contribution >= 4 is 28.5 Å². The number of nitrogens with zero attached hydrogens (tertiary/aromatic N) is 3. The number of methoxy groups -OCH3 is 2. The van der Waals surface area contributed by atoms with Crippen LogP contribution in [0, 0.1) is 11.3 Å². The summed E-state index contributed by atoms with van der Waals surface area (Å²) in [5, 5.41) is 15.1. The molecule has 4 rings (SSSR count). The second-order valence-corrected chi connectivity index (χ2v) is 7.77. The van der Waals surface area contributed by atoms with E-state index >= 15 is 0 Å². The molecular formula is C24H23N5O2S. The van der Waals surface area contributed by atoms with Crippen LogP contribution in [-0.4, -0.2) is 42.0 Å². The van der Waals surface area contributed by atoms with Crippen molar-refractivity contribution in [1.82, 2.24) is 15.0 Å². The Labute approximate surface area is 190 Å². The molecule has 0 spiro atoms. The number of H-pyrrole nitrogens is 1. The smallest absolute Gasteiger partial charge is 0.189 e. The number of fused-ring (bicyclic) bond motifs is 1. The van der Waals surface area contributed by atoms with Crippen molar-refractivity contribution < 1.29 is 9.47 Å². The molecule has 32 heavy (non-hydrogen) atoms. The number of nitriles is 1. The first-order valence-electron chi connectivity index (χ1n) is 10.1. The molecule has 0 fully saturated rings. The lowest BCUT2D eigenvalue weighted by Crippen LogP contribution is -2.10. The van der Waals surface area contributed by atoms with Gasteiger partial charge in [0.1, 0.15) is 17.5 Å². The zero-order valence-electron chi connectivity index (χ0n) is 18.1. The molecule has 0 saturated heterocycles. The first kappa shape index (κ1) is 21.5. The molecule has 0 saturated carbocycles. The maximum atomic E-state index is 9.94. The molecule has 2 aromatic heterocycles. The molecule has 0 aliphatic carbocycles. The summed E-state index contributed by atoms with van der Waals surface area (Å²) in [5.74, 6) is 1.72. The van der Waals surface area contributed by atoms with Gasteiger partial charge in [-0.1, -0.05) is 30.0 Å². The molecule has 0 aliphatic heterocycles. The van der Waals surface area contributed by atoms with E-state index in [9.17, 15) is 5.26 Å². The zero-order valence-corrected chi connectivity index (χ0v) is 18.9. The number of thioether (sulfide) groups is 1. The summed E-state index contributed by atoms with van der Waals surface area (Å²) in [6, 6.07) is 16.0. The van der Waals surface area contributed by atoms with Gasteiger partial charge in [0, 0.05) is 29.2 Å². The fraction of sp³-hybridized carbons (Fsp3) is 0.208. The zero-order chi connectivity index (χ0) is 22.5. The van der Waals surface area contributed by atoms with Crippen LogP contribution in [0.1, 0.15) is 11.1 Å². The number of hydrogen-bond donors (Lipinski definition) is 2. The predicted molar refractivity (Wildman–Crippen MR) is 128 cm³/mol. The van der Waals surface area contributed by atoms with Gasteiger partial charge in [0.15, 0.2) is 16.7 Å². The maximum Gasteiger partial charge on any atom is 0.189 e. The van der Waals surface area contributed by atoms with E-state index in [-0.39, 0.29) is 0 Å². The average molecular weight is 446 g/mol. The van der Waals surface area contributed by atoms with E-state index in [1.165, 1.54) is 22.7 Å². The highest BCUT2D eigenvalue weighted by Gasteiger charge is 2.18. The van der Waals surface area contributed by atoms with Crippen LogP contribution in [0.3, 0.4) is 0 Å². The molecule has 0 atom stereocenters. The Morgan fingerprint density at radius 3 is 2.66 bits per heavy atom. The summed E-state index contributed by atoms with van der Waals surface area (Å²) < 4.78 is 10.8. The Bertz CT molecular complexity index is 1300. The summed E-state index contributed by atoms with van der Waals surface area (Å²) >= 11 is 1.43. The van der Waals surface area contributed by atoms with Crippen LogP contribution >= 0.6 is 11.8 Å². The number of rotatable bonds is 8. The molecule has 0 aliphatic rings. The number of ether oxygens (including phenoxy) is 2. The van der Waals surface area contributed by atoms with Crippen molar-refractivity contribution in [3.63, 3.8) is 0 Å². The second kappa shape index (κ2) is 9.62. The molecular weight excluding hydrogens is 422 g/mol. The van der Waals surface area contributed by atoms with Crippen LogP contribution < -0.4 is 14.8 Å². The summed E-state index contributed by atoms with van der Waals surface area (Å²) in [6.45, 7) is 0.632. The predicted octanol–water partition coefficient (Wildman–Crippen LogP) is 4.89. The molecule has 0 bridgehead atoms. The Hall–Kier alpha value is -3.70. The monoisotopic (exact) mass is 445 g/mol. The summed E-state index contributed by atoms with van der Waals surface area (Å²) in [6.07, 6.45) is 4.73. The third-order valence-corrected chi connectivity index (χ3v) is 5.75. The van der Waals surface area contributed by atoms with Gasteiger partial charge in [0.2, 0.25) is 0 Å². The fourth-order valence-electron chi connectivity index (χ4n) is 3.61. The minimum absolute atomic E-state index is 0.397. The van der Waals surface area contributed by atoms with Gasteiger partial charge in [-0.25, -0.2) is 9.97 Å². The van der Waals surface area contributed by atoms with Crippen LogP contribution in [0.5, 0.6) is 11.5 Å². The topological polar surface area (TPSA) is 95.9 Å². The number of anilines is 1. The Morgan fingerprint density at radius 1 is 1.09 bits per heavy atom. The van der Waals surface area contributed by atoms with E-state index in [1.807, 2.05) is 36.7 Å². The minimum atomic E-state index is 0.397. The molecule has 162 valence electrons. The van der Waals surface area contributed by atoms with Gasteiger partial charge in [-0.05, 0) is 42.5 Å². The molecule has 2 heterocycles. The Kier molecular flexibility index (Phi) is 6.47. The second-order valence-electron chi connectivity index (χ2n) is 7.00. The molecule has 0 radical (unpaired) electrons. The van der Waals surface area contributed by atoms with E-state index in [1.54, 1.807) is 20.3 Å². The SMILES string of the molecule is COc1ccc(-c2nc(SC)nc(NCCc3c[nH]c4ccccc34)c2C#N)cc1OC. The Balaban J connectivity index is 1.65. The number of hydrogen-bond acceptors (Lipinski definition) is 7. The van der Waals surface area contributed by atoms with Crippen molar-refractivity contribution in [2.45, 2.75) is 11.6 Å². The van der Waals surface area contributed by atoms with Crippen molar-refractivity contribution in [3.05, 3.63) is 59.8 Å². The number of nitrogens with one attached hydrogen (secondary N) is 2. The van der Waals surface area contributed by atoms with Crippen molar-refractivity contribution in [1.29, 1.82) is 5.26 Å². The van der Waals surface area contributed by atoms with Crippen LogP contribution in [0.15, 0.2) is 53.8 Å². The largest absolute Gasteiger partial charge is 0.493 e. The molecule has 4 aromatic rings. The molecule has 7 nitrogen and oxygen atoms in total. The highest BCUT2D eigenvalue weighted by atomic mass is 32.2. The van der Waals surface area contributed by atoms with E-state index in [0.717, 1.165) is 17.5 Å². The lowest BCUT2D eigenvalue weighted by Gasteiger charge is -2.14. The van der Waals surface area contributed by atoms with Gasteiger partial charge >= 0.3 is 0 Å². The van der Waals surface area contributed by atoms with Crippen LogP contribution in [0.4, 0.5) is 5.82 Å². The summed E-state index contributed by atoms with van der Waals surface area (Å²) in [4.78, 5) is 12.5. The molecule has 2 N–H and O–H groups in total. The number of aromatic amines is 1. The number of benzene rings is 2. The summed E-state index contributed by atoms with van der Waals surface area (Å²) in [5.41, 5.74) is 4.04. The molecule has 0 amide bonds. The Morgan fingerprint density at radius 2 is 1.91 bits per heavy atom. The van der Waals surface area contributed by atoms with Crippen LogP contribution in [0.2, 0.25) is 0 Å². The van der Waals surface area contributed by atoms with Gasteiger partial charge in [-0.15, -0.1) is 0 Å². The number of para-hydroxylation sites is 1. The van der Waals surface area contributed by atoms with Crippen molar-refractivity contribution in [2.75, 3.05) is 32.3 Å². The van der Waals surface area contributed by atoms with Gasteiger partial charge in [-0.2, -0.15) is 5.26 Å². The molecule has 2 aromatic carbocycles. The lowest BCUT2D eigenvalue weighted by molar-refractivity contribution is 0.355. The van der Waals surface area contributed by atoms with E-state index in [2.05, 4.69) is 38.5 Å². The van der Waals surface area contributed by atoms with Crippen LogP contribution in [0.25, 0.3) is 22.2 Å². The van der Waals surface area contributed by atoms with E-state index in [4.69, 9.17) is 9.47 Å². The highest BCUT2D eigenvalue weighted by Crippen LogP contribution is 2.35. The first-order valence-corrected chi connectivity index (χ1v) is 11.3. The minimum Gasteiger partial charge on any atom is -0.493 e. The van der Waals surface area contributed by atoms with Gasteiger partial charge < -0.3 is 19.8 Å². The van der Waals surface area contributed by atoms with Crippen molar-refractivity contribution in [2.24, 2.45) is 0 Å².